The fourth-order valence-electron chi connectivity index (χ4n) is 4.33. The van der Waals surface area contributed by atoms with Crippen molar-refractivity contribution in [2.24, 2.45) is 18.9 Å². The Morgan fingerprint density at radius 1 is 1.14 bits per heavy atom. The molecule has 146 valence electrons. The zero-order valence-corrected chi connectivity index (χ0v) is 15.9. The second kappa shape index (κ2) is 7.58. The van der Waals surface area contributed by atoms with Gasteiger partial charge in [0.15, 0.2) is 0 Å². The van der Waals surface area contributed by atoms with E-state index in [2.05, 4.69) is 10.3 Å². The van der Waals surface area contributed by atoms with E-state index < -0.39 is 6.04 Å². The van der Waals surface area contributed by atoms with Gasteiger partial charge in [-0.25, -0.2) is 4.98 Å². The minimum absolute atomic E-state index is 0.196. The lowest BCUT2D eigenvalue weighted by Gasteiger charge is -2.21. The fraction of sp³-hybridized carbons (Fsp3) is 0.429. The molecule has 1 aliphatic heterocycles. The third-order valence-corrected chi connectivity index (χ3v) is 5.79. The predicted molar refractivity (Wildman–Crippen MR) is 102 cm³/mol. The SMILES string of the molecule is Cn1ccnc1[C@H](NC(=O)CN1C(=O)[C@@H]2CCCC[C@H]2C1=O)c1ccccc1. The van der Waals surface area contributed by atoms with E-state index in [9.17, 15) is 14.4 Å². The van der Waals surface area contributed by atoms with Gasteiger partial charge in [0, 0.05) is 19.4 Å². The van der Waals surface area contributed by atoms with Gasteiger partial charge in [-0.15, -0.1) is 0 Å². The predicted octanol–water partition coefficient (Wildman–Crippen LogP) is 1.80. The van der Waals surface area contributed by atoms with Crippen LogP contribution in [-0.2, 0) is 21.4 Å². The van der Waals surface area contributed by atoms with Gasteiger partial charge in [0.05, 0.1) is 11.8 Å². The van der Waals surface area contributed by atoms with Gasteiger partial charge in [-0.1, -0.05) is 43.2 Å². The van der Waals surface area contributed by atoms with Crippen LogP contribution in [0.15, 0.2) is 42.7 Å². The molecule has 1 saturated carbocycles. The summed E-state index contributed by atoms with van der Waals surface area (Å²) in [6.45, 7) is -0.238. The normalized spacial score (nSPS) is 22.8. The molecule has 0 spiro atoms. The van der Waals surface area contributed by atoms with Gasteiger partial charge in [0.1, 0.15) is 18.4 Å². The molecule has 2 heterocycles. The van der Waals surface area contributed by atoms with Crippen molar-refractivity contribution in [1.29, 1.82) is 0 Å². The maximum absolute atomic E-state index is 12.8. The summed E-state index contributed by atoms with van der Waals surface area (Å²) in [5.41, 5.74) is 0.887. The molecule has 2 fully saturated rings. The number of imide groups is 1. The quantitative estimate of drug-likeness (QED) is 0.802. The summed E-state index contributed by atoms with van der Waals surface area (Å²) in [7, 11) is 1.86. The van der Waals surface area contributed by atoms with E-state index in [0.29, 0.717) is 5.82 Å². The highest BCUT2D eigenvalue weighted by Gasteiger charge is 2.48. The van der Waals surface area contributed by atoms with Gasteiger partial charge >= 0.3 is 0 Å². The van der Waals surface area contributed by atoms with Crippen molar-refractivity contribution in [3.8, 4) is 0 Å². The molecule has 3 atom stereocenters. The minimum Gasteiger partial charge on any atom is -0.341 e. The highest BCUT2D eigenvalue weighted by atomic mass is 16.2. The number of hydrogen-bond donors (Lipinski definition) is 1. The van der Waals surface area contributed by atoms with E-state index in [1.165, 1.54) is 0 Å². The van der Waals surface area contributed by atoms with E-state index in [0.717, 1.165) is 36.1 Å². The molecule has 3 amide bonds. The average Bonchev–Trinajstić information content (AvgIpc) is 3.24. The van der Waals surface area contributed by atoms with Crippen molar-refractivity contribution < 1.29 is 14.4 Å². The lowest BCUT2D eigenvalue weighted by Crippen LogP contribution is -2.42. The smallest absolute Gasteiger partial charge is 0.241 e. The maximum atomic E-state index is 12.8. The van der Waals surface area contributed by atoms with E-state index in [1.807, 2.05) is 48.1 Å². The number of carbonyl (C=O) groups excluding carboxylic acids is 3. The topological polar surface area (TPSA) is 84.3 Å². The molecular formula is C21H24N4O3. The molecule has 4 rings (SSSR count). The van der Waals surface area contributed by atoms with Crippen molar-refractivity contribution in [2.45, 2.75) is 31.7 Å². The Bertz CT molecular complexity index is 868. The van der Waals surface area contributed by atoms with Crippen LogP contribution in [-0.4, -0.2) is 38.7 Å². The van der Waals surface area contributed by atoms with E-state index in [1.54, 1.807) is 6.20 Å². The number of hydrogen-bond acceptors (Lipinski definition) is 4. The number of benzene rings is 1. The Morgan fingerprint density at radius 2 is 1.79 bits per heavy atom. The van der Waals surface area contributed by atoms with Gasteiger partial charge in [0.2, 0.25) is 17.7 Å². The first-order valence-corrected chi connectivity index (χ1v) is 9.73. The molecule has 7 heteroatoms. The average molecular weight is 380 g/mol. The molecule has 0 bridgehead atoms. The van der Waals surface area contributed by atoms with Crippen molar-refractivity contribution in [3.63, 3.8) is 0 Å². The Balaban J connectivity index is 1.52. The molecule has 28 heavy (non-hydrogen) atoms. The molecule has 1 aromatic heterocycles. The Kier molecular flexibility index (Phi) is 4.98. The summed E-state index contributed by atoms with van der Waals surface area (Å²) < 4.78 is 1.85. The zero-order valence-electron chi connectivity index (χ0n) is 15.9. The summed E-state index contributed by atoms with van der Waals surface area (Å²) >= 11 is 0. The molecule has 1 aromatic carbocycles. The molecule has 1 N–H and O–H groups in total. The van der Waals surface area contributed by atoms with Gasteiger partial charge < -0.3 is 9.88 Å². The Hall–Kier alpha value is -2.96. The van der Waals surface area contributed by atoms with Gasteiger partial charge in [-0.3, -0.25) is 19.3 Å². The summed E-state index contributed by atoms with van der Waals surface area (Å²) in [4.78, 5) is 43.6. The lowest BCUT2D eigenvalue weighted by atomic mass is 9.81. The molecular weight excluding hydrogens is 356 g/mol. The van der Waals surface area contributed by atoms with Gasteiger partial charge in [0.25, 0.3) is 0 Å². The van der Waals surface area contributed by atoms with Crippen LogP contribution in [0.4, 0.5) is 0 Å². The molecule has 7 nitrogen and oxygen atoms in total. The third kappa shape index (κ3) is 3.32. The number of nitrogens with one attached hydrogen (secondary N) is 1. The van der Waals surface area contributed by atoms with Crippen LogP contribution in [0.5, 0.6) is 0 Å². The summed E-state index contributed by atoms with van der Waals surface area (Å²) in [6, 6.07) is 9.08. The second-order valence-corrected chi connectivity index (χ2v) is 7.57. The van der Waals surface area contributed by atoms with Crippen molar-refractivity contribution in [2.75, 3.05) is 6.54 Å². The molecule has 2 aromatic rings. The van der Waals surface area contributed by atoms with Gasteiger partial charge in [-0.05, 0) is 18.4 Å². The maximum Gasteiger partial charge on any atom is 0.241 e. The minimum atomic E-state index is -0.455. The van der Waals surface area contributed by atoms with Gasteiger partial charge in [-0.2, -0.15) is 0 Å². The van der Waals surface area contributed by atoms with Crippen LogP contribution in [0, 0.1) is 11.8 Å². The Morgan fingerprint density at radius 3 is 2.36 bits per heavy atom. The van der Waals surface area contributed by atoms with Crippen LogP contribution >= 0.6 is 0 Å². The van der Waals surface area contributed by atoms with Crippen LogP contribution in [0.3, 0.4) is 0 Å². The number of rotatable bonds is 5. The third-order valence-electron chi connectivity index (χ3n) is 5.79. The summed E-state index contributed by atoms with van der Waals surface area (Å²) in [6.07, 6.45) is 6.91. The number of amides is 3. The number of carbonyl (C=O) groups is 3. The summed E-state index contributed by atoms with van der Waals surface area (Å²) in [5, 5.41) is 2.96. The molecule has 0 unspecified atom stereocenters. The Labute approximate surface area is 163 Å². The zero-order chi connectivity index (χ0) is 19.7. The van der Waals surface area contributed by atoms with Crippen LogP contribution in [0.2, 0.25) is 0 Å². The molecule has 1 aliphatic carbocycles. The number of aromatic nitrogens is 2. The van der Waals surface area contributed by atoms with E-state index >= 15 is 0 Å². The highest BCUT2D eigenvalue weighted by Crippen LogP contribution is 2.37. The monoisotopic (exact) mass is 380 g/mol. The van der Waals surface area contributed by atoms with Crippen molar-refractivity contribution in [3.05, 3.63) is 54.1 Å². The molecule has 1 saturated heterocycles. The fourth-order valence-corrected chi connectivity index (χ4v) is 4.33. The number of fused-ring (bicyclic) bond motifs is 1. The van der Waals surface area contributed by atoms with Crippen LogP contribution < -0.4 is 5.32 Å². The standard InChI is InChI=1S/C21H24N4O3/c1-24-12-11-22-19(24)18(14-7-3-2-4-8-14)23-17(26)13-25-20(27)15-9-5-6-10-16(15)21(25)28/h2-4,7-8,11-12,15-16,18H,5-6,9-10,13H2,1H3,(H,23,26)/t15-,16-,18-/m1/s1. The number of likely N-dealkylation sites (tertiary alicyclic amines) is 1. The largest absolute Gasteiger partial charge is 0.341 e. The molecule has 2 aliphatic rings. The first-order valence-electron chi connectivity index (χ1n) is 9.73. The van der Waals surface area contributed by atoms with E-state index in [4.69, 9.17) is 0 Å². The molecule has 0 radical (unpaired) electrons. The number of nitrogens with zero attached hydrogens (tertiary/aromatic N) is 3. The highest BCUT2D eigenvalue weighted by molar-refractivity contribution is 6.07. The first kappa shape index (κ1) is 18.4. The first-order chi connectivity index (χ1) is 13.6. The van der Waals surface area contributed by atoms with Crippen molar-refractivity contribution in [1.82, 2.24) is 19.8 Å². The van der Waals surface area contributed by atoms with Crippen LogP contribution in [0.25, 0.3) is 0 Å². The lowest BCUT2D eigenvalue weighted by molar-refractivity contribution is -0.143. The second-order valence-electron chi connectivity index (χ2n) is 7.57. The number of aryl methyl sites for hydroxylation is 1. The van der Waals surface area contributed by atoms with E-state index in [-0.39, 0.29) is 36.1 Å². The van der Waals surface area contributed by atoms with Crippen LogP contribution in [0.1, 0.15) is 43.1 Å². The number of imidazole rings is 1. The van der Waals surface area contributed by atoms with Crippen molar-refractivity contribution >= 4 is 17.7 Å². The summed E-state index contributed by atoms with van der Waals surface area (Å²) in [5.74, 6) is -0.553.